The topological polar surface area (TPSA) is 111 Å². The average molecular weight is 327 g/mol. The fourth-order valence-corrected chi connectivity index (χ4v) is 1.67. The number of aliphatic hydroxyl groups excluding tert-OH is 1. The van der Waals surface area contributed by atoms with Gasteiger partial charge in [0.25, 0.3) is 5.95 Å². The van der Waals surface area contributed by atoms with E-state index in [2.05, 4.69) is 36.6 Å². The zero-order chi connectivity index (χ0) is 13.7. The first kappa shape index (κ1) is 13.4. The molecule has 0 fully saturated rings. The summed E-state index contributed by atoms with van der Waals surface area (Å²) in [6, 6.07) is 5.41. The van der Waals surface area contributed by atoms with Gasteiger partial charge in [0.05, 0.1) is 12.8 Å². The first-order chi connectivity index (χ1) is 9.20. The molecule has 2 aromatic rings. The zero-order valence-corrected chi connectivity index (χ0v) is 11.4. The lowest BCUT2D eigenvalue weighted by Gasteiger charge is -2.07. The summed E-state index contributed by atoms with van der Waals surface area (Å²) in [5, 5.41) is 23.3. The number of hydrogen-bond acceptors (Lipinski definition) is 7. The molecule has 1 aromatic carbocycles. The predicted molar refractivity (Wildman–Crippen MR) is 71.9 cm³/mol. The molecule has 2 rings (SSSR count). The number of aliphatic hydroxyl groups is 1. The fraction of sp³-hybridized carbons (Fsp3) is 0.200. The molecule has 0 amide bonds. The van der Waals surface area contributed by atoms with Crippen LogP contribution >= 0.6 is 15.9 Å². The van der Waals surface area contributed by atoms with E-state index in [9.17, 15) is 0 Å². The zero-order valence-electron chi connectivity index (χ0n) is 9.77. The highest BCUT2D eigenvalue weighted by molar-refractivity contribution is 9.10. The maximum Gasteiger partial charge on any atom is 0.263 e. The minimum atomic E-state index is -0.0629. The van der Waals surface area contributed by atoms with Gasteiger partial charge >= 0.3 is 0 Å². The molecule has 1 heterocycles. The predicted octanol–water partition coefficient (Wildman–Crippen LogP) is 0.271. The van der Waals surface area contributed by atoms with Crippen LogP contribution in [0, 0.1) is 0 Å². The maximum absolute atomic E-state index is 8.77. The van der Waals surface area contributed by atoms with Gasteiger partial charge in [-0.05, 0) is 28.6 Å². The van der Waals surface area contributed by atoms with Gasteiger partial charge in [0.15, 0.2) is 0 Å². The SMILES string of the molecule is Nc1nnnn1/N=C/c1cc(Br)ccc1OCCO. The number of anilines is 1. The van der Waals surface area contributed by atoms with Crippen molar-refractivity contribution in [1.29, 1.82) is 0 Å². The Morgan fingerprint density at radius 2 is 2.37 bits per heavy atom. The van der Waals surface area contributed by atoms with Crippen LogP contribution in [0.25, 0.3) is 0 Å². The Kier molecular flexibility index (Phi) is 4.42. The van der Waals surface area contributed by atoms with Crippen molar-refractivity contribution in [3.8, 4) is 5.75 Å². The molecule has 0 atom stereocenters. The van der Waals surface area contributed by atoms with Crippen LogP contribution in [0.2, 0.25) is 0 Å². The summed E-state index contributed by atoms with van der Waals surface area (Å²) in [7, 11) is 0. The van der Waals surface area contributed by atoms with Gasteiger partial charge in [-0.2, -0.15) is 5.10 Å². The molecule has 0 saturated carbocycles. The summed E-state index contributed by atoms with van der Waals surface area (Å²) in [6.45, 7) is 0.141. The quantitative estimate of drug-likeness (QED) is 0.763. The third-order valence-electron chi connectivity index (χ3n) is 2.10. The van der Waals surface area contributed by atoms with Gasteiger partial charge in [0, 0.05) is 10.0 Å². The standard InChI is InChI=1S/C10H11BrN6O2/c11-8-1-2-9(19-4-3-18)7(5-8)6-13-17-10(12)14-15-16-17/h1-2,5-6,18H,3-4H2,(H2,12,14,16)/b13-6+. The second-order valence-electron chi connectivity index (χ2n) is 3.43. The van der Waals surface area contributed by atoms with Crippen molar-refractivity contribution < 1.29 is 9.84 Å². The number of halogens is 1. The molecular weight excluding hydrogens is 316 g/mol. The summed E-state index contributed by atoms with van der Waals surface area (Å²) < 4.78 is 6.26. The maximum atomic E-state index is 8.77. The van der Waals surface area contributed by atoms with Crippen molar-refractivity contribution >= 4 is 28.1 Å². The van der Waals surface area contributed by atoms with E-state index in [0.29, 0.717) is 11.3 Å². The van der Waals surface area contributed by atoms with Crippen LogP contribution in [0.3, 0.4) is 0 Å². The summed E-state index contributed by atoms with van der Waals surface area (Å²) in [6.07, 6.45) is 1.52. The molecule has 3 N–H and O–H groups in total. The average Bonchev–Trinajstić information content (AvgIpc) is 2.81. The van der Waals surface area contributed by atoms with Gasteiger partial charge in [-0.3, -0.25) is 0 Å². The molecule has 0 spiro atoms. The Bertz CT molecular complexity index is 585. The Labute approximate surface area is 117 Å². The van der Waals surface area contributed by atoms with Crippen molar-refractivity contribution in [2.75, 3.05) is 18.9 Å². The van der Waals surface area contributed by atoms with E-state index in [-0.39, 0.29) is 19.2 Å². The van der Waals surface area contributed by atoms with Crippen molar-refractivity contribution in [2.45, 2.75) is 0 Å². The van der Waals surface area contributed by atoms with Crippen molar-refractivity contribution in [1.82, 2.24) is 20.3 Å². The smallest absolute Gasteiger partial charge is 0.263 e. The molecule has 0 saturated heterocycles. The normalized spacial score (nSPS) is 11.1. The molecule has 0 aliphatic rings. The van der Waals surface area contributed by atoms with Crippen molar-refractivity contribution in [3.63, 3.8) is 0 Å². The monoisotopic (exact) mass is 326 g/mol. The number of nitrogen functional groups attached to an aromatic ring is 1. The van der Waals surface area contributed by atoms with Crippen LogP contribution in [0.4, 0.5) is 5.95 Å². The Balaban J connectivity index is 2.25. The minimum Gasteiger partial charge on any atom is -0.491 e. The van der Waals surface area contributed by atoms with Crippen molar-refractivity contribution in [3.05, 3.63) is 28.2 Å². The Hall–Kier alpha value is -2.00. The first-order valence-electron chi connectivity index (χ1n) is 5.32. The lowest BCUT2D eigenvalue weighted by atomic mass is 10.2. The van der Waals surface area contributed by atoms with E-state index >= 15 is 0 Å². The molecule has 0 aliphatic heterocycles. The van der Waals surface area contributed by atoms with Crippen molar-refractivity contribution in [2.24, 2.45) is 5.10 Å². The lowest BCUT2D eigenvalue weighted by Crippen LogP contribution is -2.04. The van der Waals surface area contributed by atoms with Gasteiger partial charge in [-0.25, -0.2) is 0 Å². The molecule has 19 heavy (non-hydrogen) atoms. The lowest BCUT2D eigenvalue weighted by molar-refractivity contribution is 0.201. The number of nitrogens with zero attached hydrogens (tertiary/aromatic N) is 5. The van der Waals surface area contributed by atoms with Gasteiger partial charge in [-0.15, -0.1) is 0 Å². The number of tetrazole rings is 1. The van der Waals surface area contributed by atoms with E-state index < -0.39 is 0 Å². The molecule has 0 aliphatic carbocycles. The second kappa shape index (κ2) is 6.25. The van der Waals surface area contributed by atoms with E-state index in [0.717, 1.165) is 9.26 Å². The van der Waals surface area contributed by atoms with E-state index in [1.807, 2.05) is 12.1 Å². The molecule has 1 aromatic heterocycles. The number of hydrogen-bond donors (Lipinski definition) is 2. The number of benzene rings is 1. The highest BCUT2D eigenvalue weighted by atomic mass is 79.9. The van der Waals surface area contributed by atoms with Crippen LogP contribution < -0.4 is 10.5 Å². The van der Waals surface area contributed by atoms with E-state index in [1.54, 1.807) is 6.07 Å². The molecule has 0 unspecified atom stereocenters. The fourth-order valence-electron chi connectivity index (χ4n) is 1.30. The summed E-state index contributed by atoms with van der Waals surface area (Å²) in [5.74, 6) is 0.678. The van der Waals surface area contributed by atoms with Crippen LogP contribution in [-0.2, 0) is 0 Å². The highest BCUT2D eigenvalue weighted by Crippen LogP contribution is 2.21. The van der Waals surface area contributed by atoms with Crippen LogP contribution in [0.15, 0.2) is 27.8 Å². The molecule has 100 valence electrons. The summed E-state index contributed by atoms with van der Waals surface area (Å²) in [5.41, 5.74) is 6.20. The van der Waals surface area contributed by atoms with Gasteiger partial charge in [-0.1, -0.05) is 25.8 Å². The molecular formula is C10H11BrN6O2. The van der Waals surface area contributed by atoms with Crippen LogP contribution in [0.1, 0.15) is 5.56 Å². The van der Waals surface area contributed by atoms with Crippen LogP contribution in [0.5, 0.6) is 5.75 Å². The Morgan fingerprint density at radius 3 is 3.05 bits per heavy atom. The largest absolute Gasteiger partial charge is 0.491 e. The summed E-state index contributed by atoms with van der Waals surface area (Å²) in [4.78, 5) is 1.09. The molecule has 8 nitrogen and oxygen atoms in total. The third-order valence-corrected chi connectivity index (χ3v) is 2.60. The molecule has 0 radical (unpaired) electrons. The number of nitrogens with two attached hydrogens (primary N) is 1. The van der Waals surface area contributed by atoms with Gasteiger partial charge < -0.3 is 15.6 Å². The van der Waals surface area contributed by atoms with E-state index in [4.69, 9.17) is 15.6 Å². The highest BCUT2D eigenvalue weighted by Gasteiger charge is 2.04. The Morgan fingerprint density at radius 1 is 1.53 bits per heavy atom. The third kappa shape index (κ3) is 3.48. The van der Waals surface area contributed by atoms with Gasteiger partial charge in [0.1, 0.15) is 12.4 Å². The number of ether oxygens (including phenoxy) is 1. The van der Waals surface area contributed by atoms with Gasteiger partial charge in [0.2, 0.25) is 0 Å². The summed E-state index contributed by atoms with van der Waals surface area (Å²) >= 11 is 3.36. The number of aromatic nitrogens is 4. The molecule has 0 bridgehead atoms. The molecule has 9 heteroatoms. The number of rotatable bonds is 5. The van der Waals surface area contributed by atoms with Crippen LogP contribution in [-0.4, -0.2) is 44.9 Å². The minimum absolute atomic E-state index is 0.0629. The second-order valence-corrected chi connectivity index (χ2v) is 4.34. The van der Waals surface area contributed by atoms with E-state index in [1.165, 1.54) is 6.21 Å². The first-order valence-corrected chi connectivity index (χ1v) is 6.11.